The van der Waals surface area contributed by atoms with Crippen LogP contribution in [-0.2, 0) is 6.54 Å². The van der Waals surface area contributed by atoms with E-state index in [1.54, 1.807) is 6.20 Å². The maximum Gasteiger partial charge on any atom is 0.241 e. The lowest BCUT2D eigenvalue weighted by Crippen LogP contribution is -2.40. The van der Waals surface area contributed by atoms with Gasteiger partial charge in [0.05, 0.1) is 6.54 Å². The van der Waals surface area contributed by atoms with Gasteiger partial charge in [0, 0.05) is 12.2 Å². The van der Waals surface area contributed by atoms with E-state index in [0.717, 1.165) is 31.6 Å². The Morgan fingerprint density at radius 3 is 2.95 bits per heavy atom. The number of nitrogens with zero attached hydrogens (tertiary/aromatic N) is 4. The molecule has 0 amide bonds. The van der Waals surface area contributed by atoms with Gasteiger partial charge in [0.15, 0.2) is 0 Å². The van der Waals surface area contributed by atoms with Crippen molar-refractivity contribution >= 4 is 0 Å². The van der Waals surface area contributed by atoms with Gasteiger partial charge in [-0.25, -0.2) is 0 Å². The highest BCUT2D eigenvalue weighted by Crippen LogP contribution is 2.15. The van der Waals surface area contributed by atoms with Gasteiger partial charge in [-0.2, -0.15) is 4.98 Å². The van der Waals surface area contributed by atoms with E-state index in [1.165, 1.54) is 0 Å². The molecule has 1 saturated heterocycles. The van der Waals surface area contributed by atoms with Crippen LogP contribution in [0.25, 0.3) is 11.5 Å². The summed E-state index contributed by atoms with van der Waals surface area (Å²) in [5.74, 6) is 1.20. The zero-order valence-electron chi connectivity index (χ0n) is 11.6. The molecule has 0 aliphatic carbocycles. The minimum absolute atomic E-state index is 0.555. The first-order valence-corrected chi connectivity index (χ1v) is 6.98. The average Bonchev–Trinajstić information content (AvgIpc) is 2.97. The lowest BCUT2D eigenvalue weighted by Gasteiger charge is -2.30. The summed E-state index contributed by atoms with van der Waals surface area (Å²) in [5.41, 5.74) is 0.743. The molecule has 1 N–H and O–H groups in total. The fourth-order valence-corrected chi connectivity index (χ4v) is 2.51. The number of hydrogen-bond donors (Lipinski definition) is 1. The molecule has 20 heavy (non-hydrogen) atoms. The van der Waals surface area contributed by atoms with Crippen molar-refractivity contribution in [1.82, 2.24) is 25.3 Å². The first kappa shape index (κ1) is 13.2. The summed E-state index contributed by atoms with van der Waals surface area (Å²) < 4.78 is 5.32. The monoisotopic (exact) mass is 273 g/mol. The van der Waals surface area contributed by atoms with Gasteiger partial charge in [-0.15, -0.1) is 0 Å². The van der Waals surface area contributed by atoms with Gasteiger partial charge in [0.2, 0.25) is 11.7 Å². The molecule has 0 saturated carbocycles. The SMILES string of the molecule is CN(Cc1nc(-c2ccccn2)no1)C1CCNCC1. The third kappa shape index (κ3) is 3.02. The lowest BCUT2D eigenvalue weighted by molar-refractivity contribution is 0.171. The van der Waals surface area contributed by atoms with Gasteiger partial charge >= 0.3 is 0 Å². The molecule has 2 aromatic rings. The Morgan fingerprint density at radius 1 is 1.35 bits per heavy atom. The van der Waals surface area contributed by atoms with Crippen molar-refractivity contribution in [2.24, 2.45) is 0 Å². The summed E-state index contributed by atoms with van der Waals surface area (Å²) in [5, 5.41) is 7.37. The van der Waals surface area contributed by atoms with Crippen molar-refractivity contribution in [3.8, 4) is 11.5 Å². The molecule has 3 heterocycles. The van der Waals surface area contributed by atoms with E-state index in [4.69, 9.17) is 4.52 Å². The summed E-state index contributed by atoms with van der Waals surface area (Å²) in [6.45, 7) is 2.85. The first-order chi connectivity index (χ1) is 9.83. The Morgan fingerprint density at radius 2 is 2.20 bits per heavy atom. The maximum atomic E-state index is 5.32. The minimum atomic E-state index is 0.555. The summed E-state index contributed by atoms with van der Waals surface area (Å²) in [4.78, 5) is 10.9. The minimum Gasteiger partial charge on any atom is -0.337 e. The van der Waals surface area contributed by atoms with Gasteiger partial charge < -0.3 is 9.84 Å². The van der Waals surface area contributed by atoms with E-state index in [1.807, 2.05) is 18.2 Å². The standard InChI is InChI=1S/C14H19N5O/c1-19(11-5-8-15-9-6-11)10-13-17-14(18-20-13)12-4-2-3-7-16-12/h2-4,7,11,15H,5-6,8-10H2,1H3. The van der Waals surface area contributed by atoms with Crippen LogP contribution in [0.2, 0.25) is 0 Å². The molecule has 0 atom stereocenters. The van der Waals surface area contributed by atoms with E-state index in [-0.39, 0.29) is 0 Å². The van der Waals surface area contributed by atoms with Crippen LogP contribution in [0.1, 0.15) is 18.7 Å². The summed E-state index contributed by atoms with van der Waals surface area (Å²) in [6.07, 6.45) is 4.06. The largest absolute Gasteiger partial charge is 0.337 e. The highest BCUT2D eigenvalue weighted by Gasteiger charge is 2.20. The van der Waals surface area contributed by atoms with Crippen LogP contribution in [0.3, 0.4) is 0 Å². The Kier molecular flexibility index (Phi) is 4.03. The molecule has 1 fully saturated rings. The summed E-state index contributed by atoms with van der Waals surface area (Å²) in [6, 6.07) is 6.25. The van der Waals surface area contributed by atoms with E-state index in [9.17, 15) is 0 Å². The fraction of sp³-hybridized carbons (Fsp3) is 0.500. The Labute approximate surface area is 118 Å². The smallest absolute Gasteiger partial charge is 0.241 e. The molecule has 2 aromatic heterocycles. The maximum absolute atomic E-state index is 5.32. The molecule has 0 bridgehead atoms. The van der Waals surface area contributed by atoms with Crippen LogP contribution in [-0.4, -0.2) is 46.2 Å². The van der Waals surface area contributed by atoms with Crippen molar-refractivity contribution in [2.45, 2.75) is 25.4 Å². The van der Waals surface area contributed by atoms with Crippen LogP contribution in [0, 0.1) is 0 Å². The van der Waals surface area contributed by atoms with Gasteiger partial charge in [-0.3, -0.25) is 9.88 Å². The van der Waals surface area contributed by atoms with E-state index in [0.29, 0.717) is 24.3 Å². The number of rotatable bonds is 4. The average molecular weight is 273 g/mol. The Balaban J connectivity index is 1.65. The number of piperidine rings is 1. The van der Waals surface area contributed by atoms with Gasteiger partial charge in [0.25, 0.3) is 0 Å². The van der Waals surface area contributed by atoms with Crippen molar-refractivity contribution in [1.29, 1.82) is 0 Å². The molecule has 6 heteroatoms. The van der Waals surface area contributed by atoms with Crippen molar-refractivity contribution < 1.29 is 4.52 Å². The van der Waals surface area contributed by atoms with Crippen LogP contribution in [0.5, 0.6) is 0 Å². The molecule has 1 aliphatic heterocycles. The van der Waals surface area contributed by atoms with Crippen molar-refractivity contribution in [3.63, 3.8) is 0 Å². The van der Waals surface area contributed by atoms with Crippen molar-refractivity contribution in [3.05, 3.63) is 30.3 Å². The third-order valence-electron chi connectivity index (χ3n) is 3.68. The highest BCUT2D eigenvalue weighted by atomic mass is 16.5. The molecular formula is C14H19N5O. The zero-order chi connectivity index (χ0) is 13.8. The molecule has 0 aromatic carbocycles. The van der Waals surface area contributed by atoms with E-state index >= 15 is 0 Å². The summed E-state index contributed by atoms with van der Waals surface area (Å²) >= 11 is 0. The van der Waals surface area contributed by atoms with Crippen LogP contribution >= 0.6 is 0 Å². The van der Waals surface area contributed by atoms with Crippen LogP contribution in [0.4, 0.5) is 0 Å². The van der Waals surface area contributed by atoms with E-state index in [2.05, 4.69) is 32.4 Å². The second kappa shape index (κ2) is 6.11. The normalized spacial score (nSPS) is 16.7. The van der Waals surface area contributed by atoms with Crippen molar-refractivity contribution in [2.75, 3.05) is 20.1 Å². The molecule has 3 rings (SSSR count). The van der Waals surface area contributed by atoms with Gasteiger partial charge in [-0.1, -0.05) is 11.2 Å². The predicted molar refractivity (Wildman–Crippen MR) is 74.9 cm³/mol. The second-order valence-electron chi connectivity index (χ2n) is 5.12. The summed E-state index contributed by atoms with van der Waals surface area (Å²) in [7, 11) is 2.11. The Hall–Kier alpha value is -1.79. The van der Waals surface area contributed by atoms with Gasteiger partial charge in [0.1, 0.15) is 5.69 Å². The molecular weight excluding hydrogens is 254 g/mol. The molecule has 0 radical (unpaired) electrons. The zero-order valence-corrected chi connectivity index (χ0v) is 11.6. The topological polar surface area (TPSA) is 67.1 Å². The molecule has 0 spiro atoms. The van der Waals surface area contributed by atoms with E-state index < -0.39 is 0 Å². The molecule has 0 unspecified atom stereocenters. The second-order valence-corrected chi connectivity index (χ2v) is 5.12. The van der Waals surface area contributed by atoms with Crippen LogP contribution in [0.15, 0.2) is 28.9 Å². The number of hydrogen-bond acceptors (Lipinski definition) is 6. The third-order valence-corrected chi connectivity index (χ3v) is 3.68. The van der Waals surface area contributed by atoms with Gasteiger partial charge in [-0.05, 0) is 45.1 Å². The quantitative estimate of drug-likeness (QED) is 0.906. The first-order valence-electron chi connectivity index (χ1n) is 6.98. The highest BCUT2D eigenvalue weighted by molar-refractivity contribution is 5.46. The number of pyridine rings is 1. The fourth-order valence-electron chi connectivity index (χ4n) is 2.51. The number of aromatic nitrogens is 3. The Bertz CT molecular complexity index is 536. The predicted octanol–water partition coefficient (Wildman–Crippen LogP) is 1.32. The molecule has 1 aliphatic rings. The lowest BCUT2D eigenvalue weighted by atomic mass is 10.1. The van der Waals surface area contributed by atoms with Crippen LogP contribution < -0.4 is 5.32 Å². The molecule has 6 nitrogen and oxygen atoms in total. The molecule has 106 valence electrons. The number of nitrogens with one attached hydrogen (secondary N) is 1.